The van der Waals surface area contributed by atoms with Crippen molar-refractivity contribution in [3.63, 3.8) is 0 Å². The van der Waals surface area contributed by atoms with Crippen molar-refractivity contribution in [1.29, 1.82) is 0 Å². The maximum Gasteiger partial charge on any atom is 0.262 e. The summed E-state index contributed by atoms with van der Waals surface area (Å²) in [6.45, 7) is 2.70. The largest absolute Gasteiger partial charge is 0.382 e. The molecule has 0 aliphatic carbocycles. The lowest BCUT2D eigenvalue weighted by atomic mass is 9.66. The number of hydrogen-bond donors (Lipinski definition) is 3. The SMILES string of the molecule is CS[C@@H]1O[C@H](C(O)C(C)=O)[C@](O)(C(C)=O)[C@@](O)(C(C)=O)[C@@H]1N1C(=O)c2ccccc2C1=O. The molecule has 2 heterocycles. The first kappa shape index (κ1) is 24.2. The van der Waals surface area contributed by atoms with Gasteiger partial charge >= 0.3 is 0 Å². The van der Waals surface area contributed by atoms with Crippen LogP contribution in [0.2, 0.25) is 0 Å². The lowest BCUT2D eigenvalue weighted by Gasteiger charge is -2.56. The Kier molecular flexibility index (Phi) is 6.17. The summed E-state index contributed by atoms with van der Waals surface area (Å²) in [5.41, 5.74) is -7.57. The molecule has 1 saturated heterocycles. The number of carbonyl (C=O) groups is 5. The van der Waals surface area contributed by atoms with Gasteiger partial charge in [0.1, 0.15) is 23.7 Å². The van der Waals surface area contributed by atoms with Gasteiger partial charge in [-0.15, -0.1) is 11.8 Å². The summed E-state index contributed by atoms with van der Waals surface area (Å²) in [6.07, 6.45) is -2.63. The molecule has 0 radical (unpaired) electrons. The number of rotatable bonds is 6. The highest BCUT2D eigenvalue weighted by atomic mass is 32.2. The fourth-order valence-corrected chi connectivity index (χ4v) is 5.18. The Balaban J connectivity index is 2.28. The van der Waals surface area contributed by atoms with Crippen molar-refractivity contribution >= 4 is 40.9 Å². The van der Waals surface area contributed by atoms with E-state index in [1.807, 2.05) is 0 Å². The molecule has 11 heteroatoms. The molecule has 3 rings (SSSR count). The Bertz CT molecular complexity index is 991. The summed E-state index contributed by atoms with van der Waals surface area (Å²) >= 11 is 0.863. The molecule has 0 spiro atoms. The van der Waals surface area contributed by atoms with Crippen molar-refractivity contribution in [3.05, 3.63) is 35.4 Å². The number of aliphatic hydroxyl groups excluding tert-OH is 1. The van der Waals surface area contributed by atoms with Gasteiger partial charge in [-0.2, -0.15) is 0 Å². The molecule has 1 aromatic rings. The third-order valence-corrected chi connectivity index (χ3v) is 6.91. The van der Waals surface area contributed by atoms with Crippen LogP contribution in [-0.4, -0.2) is 90.5 Å². The van der Waals surface area contributed by atoms with E-state index in [4.69, 9.17) is 4.74 Å². The molecule has 1 aromatic carbocycles. The van der Waals surface area contributed by atoms with E-state index in [9.17, 15) is 39.3 Å². The summed E-state index contributed by atoms with van der Waals surface area (Å²) in [5, 5.41) is 33.5. The van der Waals surface area contributed by atoms with E-state index in [1.165, 1.54) is 30.5 Å². The molecular formula is C21H23NO9S. The van der Waals surface area contributed by atoms with Gasteiger partial charge < -0.3 is 20.1 Å². The number of ether oxygens (including phenoxy) is 1. The minimum atomic E-state index is -3.14. The van der Waals surface area contributed by atoms with E-state index in [1.54, 1.807) is 0 Å². The lowest BCUT2D eigenvalue weighted by Crippen LogP contribution is -2.83. The molecule has 2 amide bonds. The number of thioether (sulfide) groups is 1. The average molecular weight is 465 g/mol. The maximum atomic E-state index is 13.1. The Hall–Kier alpha value is -2.44. The van der Waals surface area contributed by atoms with E-state index >= 15 is 0 Å². The maximum absolute atomic E-state index is 13.1. The number of benzene rings is 1. The van der Waals surface area contributed by atoms with Crippen LogP contribution in [0.4, 0.5) is 0 Å². The quantitative estimate of drug-likeness (QED) is 0.460. The smallest absolute Gasteiger partial charge is 0.262 e. The zero-order chi connectivity index (χ0) is 24.2. The van der Waals surface area contributed by atoms with Crippen molar-refractivity contribution in [3.8, 4) is 0 Å². The van der Waals surface area contributed by atoms with E-state index in [0.29, 0.717) is 4.90 Å². The summed E-state index contributed by atoms with van der Waals surface area (Å²) in [4.78, 5) is 64.2. The fraction of sp³-hybridized carbons (Fsp3) is 0.476. The monoisotopic (exact) mass is 465 g/mol. The standard InChI is InChI=1S/C21H23NO9S/c1-9(23)14(26)16-21(30,11(3)25)20(29,10(2)24)15(19(31-16)32-4)22-17(27)12-7-5-6-8-13(12)18(22)28/h5-8,14-16,19,26,29-30H,1-4H3/t14?,15-,16-,19+,20-,21-/m1/s1. The van der Waals surface area contributed by atoms with Crippen LogP contribution in [0.3, 0.4) is 0 Å². The number of aliphatic hydroxyl groups is 3. The minimum absolute atomic E-state index is 0.0144. The first-order valence-electron chi connectivity index (χ1n) is 9.66. The Labute approximate surface area is 187 Å². The number of carbonyl (C=O) groups excluding carboxylic acids is 5. The second-order valence-corrected chi connectivity index (χ2v) is 8.77. The number of amides is 2. The predicted octanol–water partition coefficient (Wildman–Crippen LogP) is -0.671. The molecule has 172 valence electrons. The first-order valence-corrected chi connectivity index (χ1v) is 10.9. The summed E-state index contributed by atoms with van der Waals surface area (Å²) in [6, 6.07) is 3.99. The molecule has 10 nitrogen and oxygen atoms in total. The molecule has 32 heavy (non-hydrogen) atoms. The molecular weight excluding hydrogens is 442 g/mol. The number of imide groups is 1. The van der Waals surface area contributed by atoms with Gasteiger partial charge in [0.15, 0.2) is 28.6 Å². The minimum Gasteiger partial charge on any atom is -0.382 e. The number of hydrogen-bond acceptors (Lipinski definition) is 10. The highest BCUT2D eigenvalue weighted by Crippen LogP contribution is 2.47. The number of Topliss-reactive ketones (excluding diaryl/α,β-unsaturated/α-hetero) is 3. The molecule has 1 fully saturated rings. The van der Waals surface area contributed by atoms with Crippen LogP contribution in [0.25, 0.3) is 0 Å². The zero-order valence-corrected chi connectivity index (χ0v) is 18.6. The average Bonchev–Trinajstić information content (AvgIpc) is 2.99. The molecule has 6 atom stereocenters. The van der Waals surface area contributed by atoms with Gasteiger partial charge in [-0.1, -0.05) is 12.1 Å². The Morgan fingerprint density at radius 3 is 1.84 bits per heavy atom. The third kappa shape index (κ3) is 3.07. The first-order chi connectivity index (χ1) is 14.8. The topological polar surface area (TPSA) is 159 Å². The van der Waals surface area contributed by atoms with E-state index < -0.39 is 64.1 Å². The third-order valence-electron chi connectivity index (χ3n) is 6.07. The molecule has 1 unspecified atom stereocenters. The van der Waals surface area contributed by atoms with Crippen LogP contribution in [0, 0.1) is 0 Å². The van der Waals surface area contributed by atoms with Crippen LogP contribution in [0.5, 0.6) is 0 Å². The van der Waals surface area contributed by atoms with Gasteiger partial charge in [-0.25, -0.2) is 0 Å². The second-order valence-electron chi connectivity index (χ2n) is 7.83. The van der Waals surface area contributed by atoms with Gasteiger partial charge in [0, 0.05) is 0 Å². The van der Waals surface area contributed by atoms with E-state index in [2.05, 4.69) is 0 Å². The van der Waals surface area contributed by atoms with Crippen LogP contribution >= 0.6 is 11.8 Å². The summed E-state index contributed by atoms with van der Waals surface area (Å²) < 4.78 is 5.66. The number of fused-ring (bicyclic) bond motifs is 1. The van der Waals surface area contributed by atoms with Crippen LogP contribution < -0.4 is 0 Å². The van der Waals surface area contributed by atoms with Crippen molar-refractivity contribution in [1.82, 2.24) is 4.90 Å². The zero-order valence-electron chi connectivity index (χ0n) is 17.8. The van der Waals surface area contributed by atoms with E-state index in [-0.39, 0.29) is 11.1 Å². The number of nitrogens with zero attached hydrogens (tertiary/aromatic N) is 1. The van der Waals surface area contributed by atoms with Crippen LogP contribution in [0.1, 0.15) is 41.5 Å². The molecule has 3 N–H and O–H groups in total. The molecule has 0 bridgehead atoms. The van der Waals surface area contributed by atoms with Crippen molar-refractivity contribution in [2.75, 3.05) is 6.26 Å². The highest BCUT2D eigenvalue weighted by Gasteiger charge is 2.73. The lowest BCUT2D eigenvalue weighted by molar-refractivity contribution is -0.272. The predicted molar refractivity (Wildman–Crippen MR) is 111 cm³/mol. The van der Waals surface area contributed by atoms with Gasteiger partial charge in [-0.3, -0.25) is 28.9 Å². The highest BCUT2D eigenvalue weighted by molar-refractivity contribution is 7.99. The van der Waals surface area contributed by atoms with Gasteiger partial charge in [0.25, 0.3) is 11.8 Å². The van der Waals surface area contributed by atoms with Crippen molar-refractivity contribution < 1.29 is 44.0 Å². The second kappa shape index (κ2) is 8.16. The van der Waals surface area contributed by atoms with Gasteiger partial charge in [0.05, 0.1) is 11.1 Å². The van der Waals surface area contributed by atoms with E-state index in [0.717, 1.165) is 32.5 Å². The molecule has 0 saturated carbocycles. The molecule has 0 aromatic heterocycles. The normalized spacial score (nSPS) is 33.1. The van der Waals surface area contributed by atoms with Gasteiger partial charge in [0.2, 0.25) is 0 Å². The fourth-order valence-electron chi connectivity index (χ4n) is 4.37. The Morgan fingerprint density at radius 2 is 1.47 bits per heavy atom. The van der Waals surface area contributed by atoms with Crippen LogP contribution in [0.15, 0.2) is 24.3 Å². The van der Waals surface area contributed by atoms with Crippen molar-refractivity contribution in [2.24, 2.45) is 0 Å². The Morgan fingerprint density at radius 1 is 1.00 bits per heavy atom. The van der Waals surface area contributed by atoms with Crippen LogP contribution in [-0.2, 0) is 19.1 Å². The summed E-state index contributed by atoms with van der Waals surface area (Å²) in [7, 11) is 0. The van der Waals surface area contributed by atoms with Gasteiger partial charge in [-0.05, 0) is 39.2 Å². The summed E-state index contributed by atoms with van der Waals surface area (Å²) in [5.74, 6) is -4.94. The molecule has 2 aliphatic heterocycles. The van der Waals surface area contributed by atoms with Crippen molar-refractivity contribution in [2.45, 2.75) is 55.7 Å². The molecule has 2 aliphatic rings. The number of ketones is 3.